The van der Waals surface area contributed by atoms with Crippen LogP contribution in [0.1, 0.15) is 26.2 Å². The zero-order valence-corrected chi connectivity index (χ0v) is 8.95. The minimum Gasteiger partial charge on any atom is -0.356 e. The number of hydrogen-bond donors (Lipinski definition) is 0. The van der Waals surface area contributed by atoms with Gasteiger partial charge in [0.05, 0.1) is 0 Å². The molecule has 13 heavy (non-hydrogen) atoms. The van der Waals surface area contributed by atoms with E-state index in [1.165, 1.54) is 25.9 Å². The average molecular weight is 187 g/mol. The molecule has 1 rings (SSSR count). The molecule has 0 amide bonds. The molecule has 3 nitrogen and oxygen atoms in total. The third kappa shape index (κ3) is 3.25. The lowest BCUT2D eigenvalue weighted by Crippen LogP contribution is -2.34. The molecule has 0 radical (unpaired) electrons. The van der Waals surface area contributed by atoms with Gasteiger partial charge in [0.1, 0.15) is 0 Å². The fourth-order valence-corrected chi connectivity index (χ4v) is 1.90. The molecular formula is C10H21NO2. The Labute approximate surface area is 81.0 Å². The van der Waals surface area contributed by atoms with Gasteiger partial charge in [-0.05, 0) is 32.9 Å². The molecule has 0 bridgehead atoms. The topological polar surface area (TPSA) is 21.7 Å². The van der Waals surface area contributed by atoms with Crippen molar-refractivity contribution < 1.29 is 9.47 Å². The van der Waals surface area contributed by atoms with E-state index in [4.69, 9.17) is 9.47 Å². The van der Waals surface area contributed by atoms with Crippen LogP contribution in [-0.4, -0.2) is 44.5 Å². The van der Waals surface area contributed by atoms with E-state index < -0.39 is 0 Å². The molecular weight excluding hydrogens is 166 g/mol. The van der Waals surface area contributed by atoms with E-state index in [-0.39, 0.29) is 6.29 Å². The summed E-state index contributed by atoms with van der Waals surface area (Å²) < 4.78 is 10.4. The molecule has 0 aromatic rings. The molecule has 78 valence electrons. The van der Waals surface area contributed by atoms with Crippen LogP contribution < -0.4 is 0 Å². The standard InChI is InChI=1S/C10H21NO2/c1-9(8-10(12-2)13-3)11-6-4-5-7-11/h9-10H,4-8H2,1-3H3. The average Bonchev–Trinajstić information content (AvgIpc) is 2.66. The lowest BCUT2D eigenvalue weighted by molar-refractivity contribution is -0.115. The molecule has 1 heterocycles. The highest BCUT2D eigenvalue weighted by Crippen LogP contribution is 2.15. The van der Waals surface area contributed by atoms with E-state index >= 15 is 0 Å². The van der Waals surface area contributed by atoms with Crippen molar-refractivity contribution in [1.29, 1.82) is 0 Å². The number of nitrogens with zero attached hydrogens (tertiary/aromatic N) is 1. The van der Waals surface area contributed by atoms with E-state index in [0.29, 0.717) is 6.04 Å². The molecule has 1 saturated heterocycles. The van der Waals surface area contributed by atoms with E-state index in [1.807, 2.05) is 0 Å². The second-order valence-corrected chi connectivity index (χ2v) is 3.73. The highest BCUT2D eigenvalue weighted by Gasteiger charge is 2.20. The Morgan fingerprint density at radius 2 is 1.69 bits per heavy atom. The summed E-state index contributed by atoms with van der Waals surface area (Å²) in [6, 6.07) is 0.576. The number of ether oxygens (including phenoxy) is 2. The Bertz CT molecular complexity index is 131. The van der Waals surface area contributed by atoms with Crippen molar-refractivity contribution in [1.82, 2.24) is 4.90 Å². The summed E-state index contributed by atoms with van der Waals surface area (Å²) in [5, 5.41) is 0. The third-order valence-corrected chi connectivity index (χ3v) is 2.82. The number of hydrogen-bond acceptors (Lipinski definition) is 3. The molecule has 1 fully saturated rings. The van der Waals surface area contributed by atoms with Gasteiger partial charge in [-0.1, -0.05) is 0 Å². The maximum absolute atomic E-state index is 5.18. The Morgan fingerprint density at radius 1 is 1.15 bits per heavy atom. The molecule has 3 heteroatoms. The molecule has 1 atom stereocenters. The molecule has 0 aliphatic carbocycles. The first-order chi connectivity index (χ1) is 6.27. The molecule has 0 N–H and O–H groups in total. The Morgan fingerprint density at radius 3 is 2.15 bits per heavy atom. The monoisotopic (exact) mass is 187 g/mol. The predicted molar refractivity (Wildman–Crippen MR) is 52.7 cm³/mol. The fraction of sp³-hybridized carbons (Fsp3) is 1.00. The van der Waals surface area contributed by atoms with Crippen molar-refractivity contribution in [3.63, 3.8) is 0 Å². The van der Waals surface area contributed by atoms with Gasteiger partial charge in [-0.3, -0.25) is 0 Å². The summed E-state index contributed by atoms with van der Waals surface area (Å²) in [7, 11) is 3.40. The largest absolute Gasteiger partial charge is 0.356 e. The second-order valence-electron chi connectivity index (χ2n) is 3.73. The summed E-state index contributed by atoms with van der Waals surface area (Å²) in [6.07, 6.45) is 3.60. The van der Waals surface area contributed by atoms with Crippen molar-refractivity contribution >= 4 is 0 Å². The first-order valence-electron chi connectivity index (χ1n) is 5.07. The quantitative estimate of drug-likeness (QED) is 0.608. The number of rotatable bonds is 5. The summed E-state index contributed by atoms with van der Waals surface area (Å²) in [6.45, 7) is 4.72. The zero-order valence-electron chi connectivity index (χ0n) is 8.95. The zero-order chi connectivity index (χ0) is 9.68. The number of methoxy groups -OCH3 is 2. The summed E-state index contributed by atoms with van der Waals surface area (Å²) in [5.74, 6) is 0. The van der Waals surface area contributed by atoms with E-state index in [9.17, 15) is 0 Å². The van der Waals surface area contributed by atoms with Gasteiger partial charge in [0.15, 0.2) is 6.29 Å². The smallest absolute Gasteiger partial charge is 0.158 e. The molecule has 0 aromatic carbocycles. The Balaban J connectivity index is 2.25. The predicted octanol–water partition coefficient (Wildman–Crippen LogP) is 1.48. The van der Waals surface area contributed by atoms with Crippen molar-refractivity contribution in [3.8, 4) is 0 Å². The van der Waals surface area contributed by atoms with Gasteiger partial charge in [0, 0.05) is 26.7 Å². The van der Waals surface area contributed by atoms with Gasteiger partial charge < -0.3 is 14.4 Å². The van der Waals surface area contributed by atoms with E-state index in [1.54, 1.807) is 14.2 Å². The van der Waals surface area contributed by atoms with Crippen molar-refractivity contribution in [2.45, 2.75) is 38.5 Å². The third-order valence-electron chi connectivity index (χ3n) is 2.82. The van der Waals surface area contributed by atoms with Crippen LogP contribution >= 0.6 is 0 Å². The van der Waals surface area contributed by atoms with E-state index in [2.05, 4.69) is 11.8 Å². The lowest BCUT2D eigenvalue weighted by atomic mass is 10.2. The maximum Gasteiger partial charge on any atom is 0.158 e. The van der Waals surface area contributed by atoms with Crippen molar-refractivity contribution in [2.24, 2.45) is 0 Å². The van der Waals surface area contributed by atoms with Crippen molar-refractivity contribution in [3.05, 3.63) is 0 Å². The van der Waals surface area contributed by atoms with Crippen LogP contribution in [0, 0.1) is 0 Å². The minimum absolute atomic E-state index is 0.0457. The SMILES string of the molecule is COC(CC(C)N1CCCC1)OC. The van der Waals surface area contributed by atoms with Gasteiger partial charge in [-0.15, -0.1) is 0 Å². The minimum atomic E-state index is -0.0457. The highest BCUT2D eigenvalue weighted by atomic mass is 16.7. The summed E-state index contributed by atoms with van der Waals surface area (Å²) in [4.78, 5) is 2.50. The summed E-state index contributed by atoms with van der Waals surface area (Å²) >= 11 is 0. The van der Waals surface area contributed by atoms with Gasteiger partial charge in [0.25, 0.3) is 0 Å². The van der Waals surface area contributed by atoms with E-state index in [0.717, 1.165) is 6.42 Å². The lowest BCUT2D eigenvalue weighted by Gasteiger charge is -2.26. The van der Waals surface area contributed by atoms with Crippen LogP contribution in [0.25, 0.3) is 0 Å². The molecule has 0 aromatic heterocycles. The summed E-state index contributed by atoms with van der Waals surface area (Å²) in [5.41, 5.74) is 0. The fourth-order valence-electron chi connectivity index (χ4n) is 1.90. The first kappa shape index (κ1) is 11.0. The van der Waals surface area contributed by atoms with Crippen LogP contribution in [0.2, 0.25) is 0 Å². The molecule has 1 aliphatic heterocycles. The molecule has 1 unspecified atom stereocenters. The van der Waals surface area contributed by atoms with Crippen molar-refractivity contribution in [2.75, 3.05) is 27.3 Å². The molecule has 0 spiro atoms. The Kier molecular flexibility index (Phi) is 4.70. The van der Waals surface area contributed by atoms with Gasteiger partial charge in [-0.2, -0.15) is 0 Å². The molecule has 1 aliphatic rings. The van der Waals surface area contributed by atoms with Crippen LogP contribution in [0.15, 0.2) is 0 Å². The van der Waals surface area contributed by atoms with Crippen LogP contribution in [-0.2, 0) is 9.47 Å². The van der Waals surface area contributed by atoms with Crippen LogP contribution in [0.3, 0.4) is 0 Å². The van der Waals surface area contributed by atoms with Gasteiger partial charge in [-0.25, -0.2) is 0 Å². The highest BCUT2D eigenvalue weighted by molar-refractivity contribution is 4.73. The second kappa shape index (κ2) is 5.58. The molecule has 0 saturated carbocycles. The van der Waals surface area contributed by atoms with Crippen LogP contribution in [0.5, 0.6) is 0 Å². The normalized spacial score (nSPS) is 21.2. The van der Waals surface area contributed by atoms with Gasteiger partial charge in [0.2, 0.25) is 0 Å². The van der Waals surface area contributed by atoms with Crippen LogP contribution in [0.4, 0.5) is 0 Å². The van der Waals surface area contributed by atoms with Gasteiger partial charge >= 0.3 is 0 Å². The number of likely N-dealkylation sites (tertiary alicyclic amines) is 1. The maximum atomic E-state index is 5.18. The Hall–Kier alpha value is -0.120. The first-order valence-corrected chi connectivity index (χ1v) is 5.07.